The molecule has 0 atom stereocenters. The number of nitrogen functional groups attached to an aromatic ring is 1. The normalized spacial score (nSPS) is 10.4. The molecule has 3 nitrogen and oxygen atoms in total. The van der Waals surface area contributed by atoms with E-state index >= 15 is 0 Å². The van der Waals surface area contributed by atoms with Gasteiger partial charge in [-0.05, 0) is 24.0 Å². The molecule has 110 valence electrons. The van der Waals surface area contributed by atoms with Gasteiger partial charge in [0.25, 0.3) is 0 Å². The molecule has 0 radical (unpaired) electrons. The lowest BCUT2D eigenvalue weighted by Gasteiger charge is -2.14. The lowest BCUT2D eigenvalue weighted by Crippen LogP contribution is -2.14. The van der Waals surface area contributed by atoms with Crippen LogP contribution in [0.15, 0.2) is 47.4 Å². The van der Waals surface area contributed by atoms with Crippen molar-refractivity contribution in [3.05, 3.63) is 58.6 Å². The third-order valence-corrected chi connectivity index (χ3v) is 4.21. The summed E-state index contributed by atoms with van der Waals surface area (Å²) in [5.41, 5.74) is 7.26. The van der Waals surface area contributed by atoms with Crippen LogP contribution in [0.4, 0.5) is 0 Å². The molecule has 21 heavy (non-hydrogen) atoms. The Morgan fingerprint density at radius 3 is 2.67 bits per heavy atom. The minimum absolute atomic E-state index is 0.0145. The number of ether oxygens (including phenoxy) is 1. The van der Waals surface area contributed by atoms with Gasteiger partial charge in [-0.2, -0.15) is 0 Å². The Bertz CT molecular complexity index is 646. The van der Waals surface area contributed by atoms with E-state index in [0.29, 0.717) is 22.9 Å². The van der Waals surface area contributed by atoms with Gasteiger partial charge in [0.2, 0.25) is 0 Å². The average molecular weight is 321 g/mol. The van der Waals surface area contributed by atoms with Crippen LogP contribution in [0.1, 0.15) is 18.1 Å². The molecule has 0 unspecified atom stereocenters. The molecule has 0 aliphatic carbocycles. The first kappa shape index (κ1) is 15.7. The number of hydrogen-bond acceptors (Lipinski definition) is 3. The van der Waals surface area contributed by atoms with E-state index in [2.05, 4.69) is 6.92 Å². The van der Waals surface area contributed by atoms with Crippen molar-refractivity contribution in [1.29, 1.82) is 5.41 Å². The lowest BCUT2D eigenvalue weighted by molar-refractivity contribution is 0.305. The molecule has 0 fully saturated rings. The maximum atomic E-state index is 7.78. The zero-order chi connectivity index (χ0) is 15.2. The van der Waals surface area contributed by atoms with Crippen molar-refractivity contribution in [3.8, 4) is 5.75 Å². The van der Waals surface area contributed by atoms with E-state index in [1.807, 2.05) is 42.5 Å². The fourth-order valence-corrected chi connectivity index (χ4v) is 2.97. The zero-order valence-electron chi connectivity index (χ0n) is 11.7. The Morgan fingerprint density at radius 2 is 2.00 bits per heavy atom. The highest BCUT2D eigenvalue weighted by atomic mass is 35.5. The number of nitrogens with two attached hydrogens (primary N) is 1. The number of benzene rings is 2. The predicted octanol–water partition coefficient (Wildman–Crippen LogP) is 4.32. The summed E-state index contributed by atoms with van der Waals surface area (Å²) in [4.78, 5) is 0.960. The molecule has 2 aromatic carbocycles. The summed E-state index contributed by atoms with van der Waals surface area (Å²) in [6, 6.07) is 13.2. The molecule has 0 amide bonds. The molecule has 0 saturated carbocycles. The molecule has 0 aliphatic heterocycles. The second kappa shape index (κ2) is 7.38. The molecule has 2 aromatic rings. The summed E-state index contributed by atoms with van der Waals surface area (Å²) in [6.45, 7) is 2.41. The first-order valence-corrected chi connectivity index (χ1v) is 7.96. The SMILES string of the molecule is CCSc1cccc(OCc2ccccc2Cl)c1C(=N)N. The summed E-state index contributed by atoms with van der Waals surface area (Å²) in [5.74, 6) is 1.54. The van der Waals surface area contributed by atoms with Crippen LogP contribution in [-0.2, 0) is 6.61 Å². The first-order valence-electron chi connectivity index (χ1n) is 6.60. The molecule has 0 saturated heterocycles. The van der Waals surface area contributed by atoms with Crippen molar-refractivity contribution in [2.24, 2.45) is 5.73 Å². The van der Waals surface area contributed by atoms with E-state index in [1.165, 1.54) is 0 Å². The van der Waals surface area contributed by atoms with Gasteiger partial charge in [-0.3, -0.25) is 5.41 Å². The third-order valence-electron chi connectivity index (χ3n) is 2.90. The third kappa shape index (κ3) is 3.93. The first-order chi connectivity index (χ1) is 10.1. The van der Waals surface area contributed by atoms with E-state index in [4.69, 9.17) is 27.5 Å². The number of hydrogen-bond donors (Lipinski definition) is 2. The Hall–Kier alpha value is -1.65. The minimum Gasteiger partial charge on any atom is -0.488 e. The quantitative estimate of drug-likeness (QED) is 0.473. The van der Waals surface area contributed by atoms with Crippen molar-refractivity contribution in [1.82, 2.24) is 0 Å². The van der Waals surface area contributed by atoms with Crippen LogP contribution < -0.4 is 10.5 Å². The van der Waals surface area contributed by atoms with Crippen LogP contribution in [0.25, 0.3) is 0 Å². The molecule has 0 bridgehead atoms. The van der Waals surface area contributed by atoms with Crippen molar-refractivity contribution >= 4 is 29.2 Å². The lowest BCUT2D eigenvalue weighted by atomic mass is 10.2. The van der Waals surface area contributed by atoms with Crippen molar-refractivity contribution in [3.63, 3.8) is 0 Å². The Morgan fingerprint density at radius 1 is 1.24 bits per heavy atom. The predicted molar refractivity (Wildman–Crippen MR) is 89.6 cm³/mol. The van der Waals surface area contributed by atoms with E-state index in [0.717, 1.165) is 16.2 Å². The molecular formula is C16H17ClN2OS. The average Bonchev–Trinajstić information content (AvgIpc) is 2.46. The van der Waals surface area contributed by atoms with Crippen LogP contribution in [0.3, 0.4) is 0 Å². The number of thioether (sulfide) groups is 1. The van der Waals surface area contributed by atoms with E-state index < -0.39 is 0 Å². The standard InChI is InChI=1S/C16H17ClN2OS/c1-2-21-14-9-5-8-13(15(14)16(18)19)20-10-11-6-3-4-7-12(11)17/h3-9H,2,10H2,1H3,(H3,18,19). The van der Waals surface area contributed by atoms with Crippen molar-refractivity contribution < 1.29 is 4.74 Å². The number of amidine groups is 1. The van der Waals surface area contributed by atoms with Gasteiger partial charge in [0.05, 0.1) is 5.56 Å². The van der Waals surface area contributed by atoms with Gasteiger partial charge in [0.1, 0.15) is 18.2 Å². The van der Waals surface area contributed by atoms with E-state index in [9.17, 15) is 0 Å². The molecular weight excluding hydrogens is 304 g/mol. The summed E-state index contributed by atoms with van der Waals surface area (Å²) < 4.78 is 5.83. The molecule has 0 heterocycles. The number of nitrogens with one attached hydrogen (secondary N) is 1. The smallest absolute Gasteiger partial charge is 0.131 e. The van der Waals surface area contributed by atoms with E-state index in [1.54, 1.807) is 11.8 Å². The van der Waals surface area contributed by atoms with Gasteiger partial charge in [-0.15, -0.1) is 11.8 Å². The number of halogens is 1. The van der Waals surface area contributed by atoms with Gasteiger partial charge in [-0.25, -0.2) is 0 Å². The highest BCUT2D eigenvalue weighted by Crippen LogP contribution is 2.30. The molecule has 3 N–H and O–H groups in total. The van der Waals surface area contributed by atoms with Crippen LogP contribution in [-0.4, -0.2) is 11.6 Å². The van der Waals surface area contributed by atoms with Gasteiger partial charge in [-0.1, -0.05) is 42.8 Å². The monoisotopic (exact) mass is 320 g/mol. The molecule has 2 rings (SSSR count). The Kier molecular flexibility index (Phi) is 5.53. The van der Waals surface area contributed by atoms with Crippen LogP contribution in [0, 0.1) is 5.41 Å². The molecule has 5 heteroatoms. The van der Waals surface area contributed by atoms with Gasteiger partial charge in [0, 0.05) is 15.5 Å². The second-order valence-electron chi connectivity index (χ2n) is 4.36. The summed E-state index contributed by atoms with van der Waals surface area (Å²) in [7, 11) is 0. The highest BCUT2D eigenvalue weighted by Gasteiger charge is 2.13. The fraction of sp³-hybridized carbons (Fsp3) is 0.188. The largest absolute Gasteiger partial charge is 0.488 e. The Labute approximate surface area is 134 Å². The molecule has 0 spiro atoms. The van der Waals surface area contributed by atoms with Crippen LogP contribution >= 0.6 is 23.4 Å². The zero-order valence-corrected chi connectivity index (χ0v) is 13.3. The van der Waals surface area contributed by atoms with Crippen molar-refractivity contribution in [2.75, 3.05) is 5.75 Å². The van der Waals surface area contributed by atoms with Gasteiger partial charge in [0.15, 0.2) is 0 Å². The molecule has 0 aromatic heterocycles. The van der Waals surface area contributed by atoms with Gasteiger partial charge >= 0.3 is 0 Å². The van der Waals surface area contributed by atoms with Crippen molar-refractivity contribution in [2.45, 2.75) is 18.4 Å². The summed E-state index contributed by atoms with van der Waals surface area (Å²) >= 11 is 7.77. The second-order valence-corrected chi connectivity index (χ2v) is 6.07. The Balaban J connectivity index is 2.25. The van der Waals surface area contributed by atoms with Gasteiger partial charge < -0.3 is 10.5 Å². The fourth-order valence-electron chi connectivity index (χ4n) is 1.94. The van der Waals surface area contributed by atoms with Crippen LogP contribution in [0.2, 0.25) is 5.02 Å². The summed E-state index contributed by atoms with van der Waals surface area (Å²) in [5, 5.41) is 8.45. The number of rotatable bonds is 6. The molecule has 0 aliphatic rings. The maximum Gasteiger partial charge on any atom is 0.131 e. The summed E-state index contributed by atoms with van der Waals surface area (Å²) in [6.07, 6.45) is 0. The minimum atomic E-state index is 0.0145. The van der Waals surface area contributed by atoms with Crippen LogP contribution in [0.5, 0.6) is 5.75 Å². The van der Waals surface area contributed by atoms with E-state index in [-0.39, 0.29) is 5.84 Å². The maximum absolute atomic E-state index is 7.78. The highest BCUT2D eigenvalue weighted by molar-refractivity contribution is 7.99. The topological polar surface area (TPSA) is 59.1 Å².